The Kier molecular flexibility index (Phi) is 1.96. The quantitative estimate of drug-likeness (QED) is 0.750. The van der Waals surface area contributed by atoms with E-state index in [1.165, 1.54) is 6.07 Å². The van der Waals surface area contributed by atoms with Gasteiger partial charge in [-0.05, 0) is 18.6 Å². The second-order valence-electron chi connectivity index (χ2n) is 2.84. The second kappa shape index (κ2) is 3.00. The molecule has 0 aliphatic heterocycles. The first kappa shape index (κ1) is 8.51. The van der Waals surface area contributed by atoms with Crippen LogP contribution in [0.1, 0.15) is 12.6 Å². The summed E-state index contributed by atoms with van der Waals surface area (Å²) in [6, 6.07) is 2.99. The van der Waals surface area contributed by atoms with Crippen LogP contribution in [0.2, 0.25) is 5.02 Å². The van der Waals surface area contributed by atoms with Gasteiger partial charge in [-0.3, -0.25) is 5.10 Å². The summed E-state index contributed by atoms with van der Waals surface area (Å²) in [6.07, 6.45) is 0.788. The van der Waals surface area contributed by atoms with Crippen molar-refractivity contribution in [1.29, 1.82) is 0 Å². The number of nitrogens with one attached hydrogen (secondary N) is 1. The van der Waals surface area contributed by atoms with E-state index in [9.17, 15) is 4.39 Å². The normalized spacial score (nSPS) is 11.0. The van der Waals surface area contributed by atoms with Crippen molar-refractivity contribution in [3.63, 3.8) is 0 Å². The molecule has 2 nitrogen and oxygen atoms in total. The van der Waals surface area contributed by atoms with Gasteiger partial charge < -0.3 is 0 Å². The third kappa shape index (κ3) is 1.29. The lowest BCUT2D eigenvalue weighted by molar-refractivity contribution is 0.636. The molecule has 0 spiro atoms. The highest BCUT2D eigenvalue weighted by Crippen LogP contribution is 2.23. The number of hydrogen-bond acceptors (Lipinski definition) is 1. The Bertz CT molecular complexity index is 450. The van der Waals surface area contributed by atoms with Gasteiger partial charge in [-0.15, -0.1) is 0 Å². The van der Waals surface area contributed by atoms with E-state index in [4.69, 9.17) is 11.6 Å². The first-order valence-corrected chi connectivity index (χ1v) is 4.42. The molecule has 1 N–H and O–H groups in total. The van der Waals surface area contributed by atoms with Gasteiger partial charge in [0.25, 0.3) is 0 Å². The van der Waals surface area contributed by atoms with Gasteiger partial charge in [0.1, 0.15) is 5.52 Å². The van der Waals surface area contributed by atoms with E-state index in [1.54, 1.807) is 6.07 Å². The predicted octanol–water partition coefficient (Wildman–Crippen LogP) is 2.92. The fourth-order valence-corrected chi connectivity index (χ4v) is 1.57. The number of rotatable bonds is 1. The van der Waals surface area contributed by atoms with E-state index in [1.807, 2.05) is 6.92 Å². The molecule has 0 saturated heterocycles. The van der Waals surface area contributed by atoms with Gasteiger partial charge in [-0.2, -0.15) is 5.10 Å². The van der Waals surface area contributed by atoms with E-state index in [2.05, 4.69) is 10.2 Å². The number of aryl methyl sites for hydroxylation is 1. The molecule has 1 aromatic heterocycles. The van der Waals surface area contributed by atoms with Gasteiger partial charge in [-0.1, -0.05) is 18.5 Å². The summed E-state index contributed by atoms with van der Waals surface area (Å²) in [5, 5.41) is 7.83. The van der Waals surface area contributed by atoms with E-state index >= 15 is 0 Å². The molecule has 1 heterocycles. The molecule has 1 aromatic carbocycles. The van der Waals surface area contributed by atoms with Crippen molar-refractivity contribution in [2.24, 2.45) is 0 Å². The van der Waals surface area contributed by atoms with E-state index in [-0.39, 0.29) is 5.82 Å². The Morgan fingerprint density at radius 3 is 3.00 bits per heavy atom. The number of fused-ring (bicyclic) bond motifs is 1. The molecule has 0 unspecified atom stereocenters. The van der Waals surface area contributed by atoms with Gasteiger partial charge in [0.05, 0.1) is 0 Å². The molecular weight excluding hydrogens is 191 g/mol. The number of benzene rings is 1. The van der Waals surface area contributed by atoms with Gasteiger partial charge in [0, 0.05) is 16.1 Å². The largest absolute Gasteiger partial charge is 0.281 e. The number of nitrogens with zero attached hydrogens (tertiary/aromatic N) is 1. The number of hydrogen-bond donors (Lipinski definition) is 1. The summed E-state index contributed by atoms with van der Waals surface area (Å²) >= 11 is 5.73. The van der Waals surface area contributed by atoms with Crippen LogP contribution in [0.4, 0.5) is 4.39 Å². The smallest absolute Gasteiger partial charge is 0.152 e. The minimum absolute atomic E-state index is 0.362. The van der Waals surface area contributed by atoms with Crippen molar-refractivity contribution >= 4 is 22.5 Å². The van der Waals surface area contributed by atoms with Gasteiger partial charge in [-0.25, -0.2) is 4.39 Å². The van der Waals surface area contributed by atoms with Crippen LogP contribution < -0.4 is 0 Å². The number of halogens is 2. The van der Waals surface area contributed by atoms with Crippen LogP contribution in [0.25, 0.3) is 10.9 Å². The number of H-pyrrole nitrogens is 1. The second-order valence-corrected chi connectivity index (χ2v) is 3.28. The van der Waals surface area contributed by atoms with Crippen LogP contribution in [-0.2, 0) is 6.42 Å². The van der Waals surface area contributed by atoms with Crippen molar-refractivity contribution in [3.05, 3.63) is 28.7 Å². The molecule has 0 amide bonds. The van der Waals surface area contributed by atoms with Gasteiger partial charge in [0.2, 0.25) is 0 Å². The van der Waals surface area contributed by atoms with Gasteiger partial charge in [0.15, 0.2) is 5.82 Å². The fraction of sp³-hybridized carbons (Fsp3) is 0.222. The van der Waals surface area contributed by atoms with Crippen LogP contribution >= 0.6 is 11.6 Å². The maximum absolute atomic E-state index is 13.2. The average Bonchev–Trinajstić information content (AvgIpc) is 2.47. The Balaban J connectivity index is 2.82. The topological polar surface area (TPSA) is 28.7 Å². The summed E-state index contributed by atoms with van der Waals surface area (Å²) in [4.78, 5) is 0. The predicted molar refractivity (Wildman–Crippen MR) is 50.4 cm³/mol. The van der Waals surface area contributed by atoms with Crippen LogP contribution in [0, 0.1) is 5.82 Å². The molecule has 68 valence electrons. The maximum atomic E-state index is 13.2. The molecule has 2 rings (SSSR count). The van der Waals surface area contributed by atoms with Crippen LogP contribution in [0.5, 0.6) is 0 Å². The van der Waals surface area contributed by atoms with Crippen molar-refractivity contribution in [1.82, 2.24) is 10.2 Å². The SMILES string of the molecule is CCc1[nH]nc2c(F)cc(Cl)cc12. The molecule has 0 bridgehead atoms. The zero-order valence-corrected chi connectivity index (χ0v) is 7.82. The monoisotopic (exact) mass is 198 g/mol. The third-order valence-corrected chi connectivity index (χ3v) is 2.23. The minimum atomic E-state index is -0.376. The minimum Gasteiger partial charge on any atom is -0.281 e. The lowest BCUT2D eigenvalue weighted by Gasteiger charge is -1.94. The molecule has 0 aliphatic rings. The van der Waals surface area contributed by atoms with Crippen molar-refractivity contribution in [2.75, 3.05) is 0 Å². The van der Waals surface area contributed by atoms with Crippen LogP contribution in [0.3, 0.4) is 0 Å². The van der Waals surface area contributed by atoms with E-state index in [0.717, 1.165) is 17.5 Å². The first-order chi connectivity index (χ1) is 6.22. The summed E-state index contributed by atoms with van der Waals surface area (Å²) in [7, 11) is 0. The Morgan fingerprint density at radius 1 is 1.54 bits per heavy atom. The van der Waals surface area contributed by atoms with E-state index < -0.39 is 0 Å². The highest BCUT2D eigenvalue weighted by molar-refractivity contribution is 6.31. The first-order valence-electron chi connectivity index (χ1n) is 4.04. The molecule has 0 radical (unpaired) electrons. The Hall–Kier alpha value is -1.09. The Morgan fingerprint density at radius 2 is 2.31 bits per heavy atom. The highest BCUT2D eigenvalue weighted by atomic mass is 35.5. The zero-order chi connectivity index (χ0) is 9.42. The summed E-state index contributed by atoms with van der Waals surface area (Å²) < 4.78 is 13.2. The molecule has 0 atom stereocenters. The van der Waals surface area contributed by atoms with Gasteiger partial charge >= 0.3 is 0 Å². The fourth-order valence-electron chi connectivity index (χ4n) is 1.36. The number of aromatic amines is 1. The molecule has 0 fully saturated rings. The standard InChI is InChI=1S/C9H8ClFN2/c1-2-8-6-3-5(10)4-7(11)9(6)13-12-8/h3-4H,2H2,1H3,(H,12,13). The lowest BCUT2D eigenvalue weighted by atomic mass is 10.2. The van der Waals surface area contributed by atoms with E-state index in [0.29, 0.717) is 10.5 Å². The maximum Gasteiger partial charge on any atom is 0.152 e. The molecular formula is C9H8ClFN2. The van der Waals surface area contributed by atoms with Crippen molar-refractivity contribution in [2.45, 2.75) is 13.3 Å². The zero-order valence-electron chi connectivity index (χ0n) is 7.06. The Labute approximate surface area is 79.7 Å². The van der Waals surface area contributed by atoms with Crippen LogP contribution in [-0.4, -0.2) is 10.2 Å². The molecule has 4 heteroatoms. The molecule has 0 saturated carbocycles. The summed E-state index contributed by atoms with van der Waals surface area (Å²) in [5.74, 6) is -0.376. The number of aromatic nitrogens is 2. The van der Waals surface area contributed by atoms with Crippen molar-refractivity contribution < 1.29 is 4.39 Å². The highest BCUT2D eigenvalue weighted by Gasteiger charge is 2.09. The third-order valence-electron chi connectivity index (χ3n) is 2.01. The van der Waals surface area contributed by atoms with Crippen LogP contribution in [0.15, 0.2) is 12.1 Å². The average molecular weight is 199 g/mol. The molecule has 0 aliphatic carbocycles. The summed E-state index contributed by atoms with van der Waals surface area (Å²) in [6.45, 7) is 1.98. The van der Waals surface area contributed by atoms with Crippen molar-refractivity contribution in [3.8, 4) is 0 Å². The summed E-state index contributed by atoms with van der Waals surface area (Å²) in [5.41, 5.74) is 1.28. The molecule has 13 heavy (non-hydrogen) atoms. The lowest BCUT2D eigenvalue weighted by Crippen LogP contribution is -1.80. The molecule has 2 aromatic rings.